The van der Waals surface area contributed by atoms with Crippen molar-refractivity contribution in [3.63, 3.8) is 0 Å². The zero-order valence-corrected chi connectivity index (χ0v) is 43.0. The van der Waals surface area contributed by atoms with Gasteiger partial charge < -0.3 is 18.8 Å². The molecule has 12 rings (SSSR count). The quantitative estimate of drug-likeness (QED) is 0.161. The smallest absolute Gasteiger partial charge is 0.135 e. The van der Waals surface area contributed by atoms with Crippen LogP contribution in [0.4, 0.5) is 11.4 Å². The summed E-state index contributed by atoms with van der Waals surface area (Å²) in [6.45, 7) is 3.89. The standard InChI is InChI=1S/C65H56N5O.Pt/c1-63(2,3)42-30-32-66-59(37-42)70-56-27-15-14-23-52(56)53-29-28-47(39-58(53)70)71-46-19-16-18-45(38-46)68-40-69-61-48(41-34-43(64(4,5)6)36-44(35-41)65(7,8)9)25-17-26-55(61)51-22-11-10-20-49(51)50-21-12-13-24-54(50)60-62(69)57(68)31-33-67-60;/h10-37,40H,1-9H3;/q-3;/i4D3,5D3,6D3;. The minimum atomic E-state index is -3.48. The van der Waals surface area contributed by atoms with Crippen LogP contribution in [-0.4, -0.2) is 19.1 Å². The monoisotopic (exact) mass is 1130 g/mol. The maximum Gasteiger partial charge on any atom is 0.135 e. The number of para-hydroxylation sites is 2. The zero-order chi connectivity index (χ0) is 56.5. The fourth-order valence-corrected chi connectivity index (χ4v) is 10.2. The van der Waals surface area contributed by atoms with Gasteiger partial charge in [-0.2, -0.15) is 12.1 Å². The summed E-state index contributed by atoms with van der Waals surface area (Å²) in [6.07, 6.45) is 3.64. The molecule has 360 valence electrons. The zero-order valence-electron chi connectivity index (χ0n) is 49.7. The average molecular weight is 1130 g/mol. The molecule has 1 aliphatic rings. The Hall–Kier alpha value is -7.40. The van der Waals surface area contributed by atoms with E-state index in [1.54, 1.807) is 6.20 Å². The number of anilines is 2. The number of benzene rings is 7. The van der Waals surface area contributed by atoms with Gasteiger partial charge in [0.25, 0.3) is 0 Å². The molecule has 4 aromatic heterocycles. The molecule has 0 bridgehead atoms. The first-order valence-corrected chi connectivity index (χ1v) is 23.9. The molecule has 7 heteroatoms. The SMILES string of the molecule is [2H]C([2H])([2H])C(c1cc(-c2cccc3c4ccccc4c4ccccc4c4nccc5c4n(c23)[CH-]N5c2[c-]c(Oc3[c-]c4c(cc3)c3ccccc3n4-c3cc(C(C)(C)C)ccn3)ccc2)cc(C(C)(C)C)c1)(C([2H])([2H])[2H])C([2H])([2H])[2H].[Pt]. The maximum atomic E-state index is 8.78. The van der Waals surface area contributed by atoms with Gasteiger partial charge >= 0.3 is 0 Å². The van der Waals surface area contributed by atoms with Crippen molar-refractivity contribution < 1.29 is 38.1 Å². The topological polar surface area (TPSA) is 48.1 Å². The second-order valence-electron chi connectivity index (χ2n) is 20.6. The van der Waals surface area contributed by atoms with Crippen molar-refractivity contribution in [1.82, 2.24) is 19.1 Å². The van der Waals surface area contributed by atoms with Gasteiger partial charge in [0, 0.05) is 74.0 Å². The summed E-state index contributed by atoms with van der Waals surface area (Å²) in [5.41, 5.74) is 3.68. The molecule has 72 heavy (non-hydrogen) atoms. The van der Waals surface area contributed by atoms with E-state index in [4.69, 9.17) is 27.0 Å². The van der Waals surface area contributed by atoms with E-state index in [-0.39, 0.29) is 32.0 Å². The first-order valence-electron chi connectivity index (χ1n) is 28.4. The second kappa shape index (κ2) is 17.4. The number of fused-ring (bicyclic) bond motifs is 10. The van der Waals surface area contributed by atoms with Crippen LogP contribution in [0.5, 0.6) is 11.5 Å². The van der Waals surface area contributed by atoms with Crippen LogP contribution in [0.2, 0.25) is 0 Å². The number of hydrogen-bond acceptors (Lipinski definition) is 4. The molecular weight excluding hydrogens is 1060 g/mol. The summed E-state index contributed by atoms with van der Waals surface area (Å²) in [7, 11) is 0. The summed E-state index contributed by atoms with van der Waals surface area (Å²) in [5, 5.41) is 6.53. The van der Waals surface area contributed by atoms with Crippen molar-refractivity contribution in [3.05, 3.63) is 206 Å². The summed E-state index contributed by atoms with van der Waals surface area (Å²) in [6, 6.07) is 58.2. The molecule has 0 saturated heterocycles. The van der Waals surface area contributed by atoms with Gasteiger partial charge in [-0.1, -0.05) is 176 Å². The molecule has 0 N–H and O–H groups in total. The first kappa shape index (κ1) is 37.4. The van der Waals surface area contributed by atoms with Gasteiger partial charge in [0.15, 0.2) is 0 Å². The van der Waals surface area contributed by atoms with E-state index in [0.717, 1.165) is 71.3 Å². The number of ether oxygens (including phenoxy) is 1. The summed E-state index contributed by atoms with van der Waals surface area (Å²) >= 11 is 0. The van der Waals surface area contributed by atoms with Gasteiger partial charge in [-0.3, -0.25) is 4.98 Å². The van der Waals surface area contributed by atoms with Crippen molar-refractivity contribution >= 4 is 76.7 Å². The van der Waals surface area contributed by atoms with E-state index in [9.17, 15) is 0 Å². The Morgan fingerprint density at radius 3 is 1.89 bits per heavy atom. The van der Waals surface area contributed by atoms with Crippen molar-refractivity contribution in [3.8, 4) is 28.4 Å². The molecular formula is C65H56N5OPt-3. The molecule has 7 aromatic carbocycles. The van der Waals surface area contributed by atoms with Gasteiger partial charge in [0.05, 0.1) is 0 Å². The molecule has 0 radical (unpaired) electrons. The normalized spacial score (nSPS) is 15.1. The molecule has 0 unspecified atom stereocenters. The van der Waals surface area contributed by atoms with Crippen LogP contribution in [0.25, 0.3) is 82.2 Å². The average Bonchev–Trinajstić information content (AvgIpc) is 4.19. The van der Waals surface area contributed by atoms with Crippen molar-refractivity contribution in [2.75, 3.05) is 4.90 Å². The van der Waals surface area contributed by atoms with Crippen LogP contribution in [-0.2, 0) is 37.3 Å². The van der Waals surface area contributed by atoms with Crippen LogP contribution in [0.15, 0.2) is 170 Å². The Labute approximate surface area is 449 Å². The molecule has 0 atom stereocenters. The van der Waals surface area contributed by atoms with E-state index in [0.29, 0.717) is 44.9 Å². The molecule has 0 spiro atoms. The molecule has 0 fully saturated rings. The molecule has 11 aromatic rings. The van der Waals surface area contributed by atoms with E-state index in [2.05, 4.69) is 96.6 Å². The molecule has 0 saturated carbocycles. The van der Waals surface area contributed by atoms with E-state index >= 15 is 0 Å². The van der Waals surface area contributed by atoms with E-state index < -0.39 is 31.4 Å². The number of rotatable bonds is 5. The summed E-state index contributed by atoms with van der Waals surface area (Å²) in [5.74, 6) is 1.69. The van der Waals surface area contributed by atoms with Crippen molar-refractivity contribution in [1.29, 1.82) is 0 Å². The molecule has 6 nitrogen and oxygen atoms in total. The van der Waals surface area contributed by atoms with Crippen LogP contribution in [0, 0.1) is 18.8 Å². The molecule has 0 aliphatic carbocycles. The van der Waals surface area contributed by atoms with E-state index in [1.165, 1.54) is 12.1 Å². The Morgan fingerprint density at radius 2 is 1.15 bits per heavy atom. The van der Waals surface area contributed by atoms with Gasteiger partial charge in [-0.05, 0) is 118 Å². The molecule has 0 amide bonds. The summed E-state index contributed by atoms with van der Waals surface area (Å²) < 4.78 is 90.0. The number of nitrogens with zero attached hydrogens (tertiary/aromatic N) is 5. The molecule has 1 aliphatic heterocycles. The minimum absolute atomic E-state index is 0. The van der Waals surface area contributed by atoms with Crippen molar-refractivity contribution in [2.45, 2.75) is 78.3 Å². The Balaban J connectivity index is 0.00000690. The number of pyridine rings is 2. The number of aromatic nitrogens is 4. The van der Waals surface area contributed by atoms with Gasteiger partial charge in [0.1, 0.15) is 5.82 Å². The Bertz CT molecular complexity index is 4350. The maximum absolute atomic E-state index is 8.78. The van der Waals surface area contributed by atoms with Gasteiger partial charge in [-0.15, -0.1) is 35.7 Å². The fourth-order valence-electron chi connectivity index (χ4n) is 10.2. The van der Waals surface area contributed by atoms with Crippen LogP contribution < -0.4 is 9.64 Å². The molecule has 5 heterocycles. The van der Waals surface area contributed by atoms with Gasteiger partial charge in [0.2, 0.25) is 0 Å². The third kappa shape index (κ3) is 7.97. The van der Waals surface area contributed by atoms with Crippen molar-refractivity contribution in [2.24, 2.45) is 0 Å². The fraction of sp³-hybridized carbons (Fsp3) is 0.185. The third-order valence-electron chi connectivity index (χ3n) is 13.8. The van der Waals surface area contributed by atoms with Gasteiger partial charge in [-0.25, -0.2) is 4.98 Å². The van der Waals surface area contributed by atoms with E-state index in [1.807, 2.05) is 130 Å². The largest absolute Gasteiger partial charge is 0.509 e. The third-order valence-corrected chi connectivity index (χ3v) is 13.8. The summed E-state index contributed by atoms with van der Waals surface area (Å²) in [4.78, 5) is 12.0. The Kier molecular flexibility index (Phi) is 9.05. The minimum Gasteiger partial charge on any atom is -0.509 e. The second-order valence-corrected chi connectivity index (χ2v) is 20.6. The first-order chi connectivity index (χ1) is 37.8. The Morgan fingerprint density at radius 1 is 0.528 bits per heavy atom. The number of hydrogen-bond donors (Lipinski definition) is 0. The van der Waals surface area contributed by atoms with Crippen LogP contribution in [0.1, 0.15) is 91.1 Å². The predicted molar refractivity (Wildman–Crippen MR) is 296 cm³/mol. The predicted octanol–water partition coefficient (Wildman–Crippen LogP) is 17.2. The van der Waals surface area contributed by atoms with Crippen LogP contribution in [0.3, 0.4) is 0 Å². The van der Waals surface area contributed by atoms with Crippen LogP contribution >= 0.6 is 0 Å².